The SMILES string of the molecule is COc1ccnc(NCc2ccnc(-n3ccnc3)c2)n1. The number of nitrogens with one attached hydrogen (secondary N) is 1. The van der Waals surface area contributed by atoms with Gasteiger partial charge in [0.15, 0.2) is 0 Å². The zero-order chi connectivity index (χ0) is 14.5. The molecule has 0 radical (unpaired) electrons. The first-order chi connectivity index (χ1) is 10.3. The molecule has 3 aromatic heterocycles. The summed E-state index contributed by atoms with van der Waals surface area (Å²) in [5.41, 5.74) is 1.07. The van der Waals surface area contributed by atoms with Gasteiger partial charge in [-0.3, -0.25) is 4.57 Å². The molecule has 7 nitrogen and oxygen atoms in total. The second kappa shape index (κ2) is 6.00. The fraction of sp³-hybridized carbons (Fsp3) is 0.143. The summed E-state index contributed by atoms with van der Waals surface area (Å²) in [7, 11) is 1.58. The fourth-order valence-corrected chi connectivity index (χ4v) is 1.83. The van der Waals surface area contributed by atoms with E-state index < -0.39 is 0 Å². The number of ether oxygens (including phenoxy) is 1. The summed E-state index contributed by atoms with van der Waals surface area (Å²) in [6.45, 7) is 0.595. The maximum atomic E-state index is 5.06. The highest BCUT2D eigenvalue weighted by Crippen LogP contribution is 2.10. The van der Waals surface area contributed by atoms with E-state index in [1.807, 2.05) is 22.9 Å². The van der Waals surface area contributed by atoms with Gasteiger partial charge in [0, 0.05) is 37.4 Å². The highest BCUT2D eigenvalue weighted by Gasteiger charge is 2.02. The minimum Gasteiger partial charge on any atom is -0.481 e. The molecule has 0 fully saturated rings. The molecule has 1 N–H and O–H groups in total. The Morgan fingerprint density at radius 3 is 2.90 bits per heavy atom. The Labute approximate surface area is 121 Å². The molecular weight excluding hydrogens is 268 g/mol. The molecule has 21 heavy (non-hydrogen) atoms. The number of rotatable bonds is 5. The Bertz CT molecular complexity index is 713. The number of imidazole rings is 1. The number of pyridine rings is 1. The van der Waals surface area contributed by atoms with E-state index >= 15 is 0 Å². The average Bonchev–Trinajstić information content (AvgIpc) is 3.08. The molecule has 0 unspecified atom stereocenters. The number of hydrogen-bond donors (Lipinski definition) is 1. The first kappa shape index (κ1) is 13.0. The smallest absolute Gasteiger partial charge is 0.226 e. The predicted octanol–water partition coefficient (Wildman–Crippen LogP) is 1.68. The molecule has 106 valence electrons. The highest BCUT2D eigenvalue weighted by molar-refractivity contribution is 5.33. The van der Waals surface area contributed by atoms with Gasteiger partial charge < -0.3 is 10.1 Å². The van der Waals surface area contributed by atoms with Gasteiger partial charge in [0.2, 0.25) is 11.8 Å². The normalized spacial score (nSPS) is 10.3. The molecule has 7 heteroatoms. The number of aromatic nitrogens is 5. The molecule has 0 aliphatic heterocycles. The van der Waals surface area contributed by atoms with Gasteiger partial charge in [0.25, 0.3) is 0 Å². The van der Waals surface area contributed by atoms with E-state index in [4.69, 9.17) is 4.74 Å². The van der Waals surface area contributed by atoms with Gasteiger partial charge in [-0.15, -0.1) is 0 Å². The van der Waals surface area contributed by atoms with Crippen LogP contribution in [0.15, 0.2) is 49.3 Å². The topological polar surface area (TPSA) is 77.8 Å². The maximum absolute atomic E-state index is 5.06. The third kappa shape index (κ3) is 3.14. The molecule has 0 saturated carbocycles. The van der Waals surface area contributed by atoms with Crippen molar-refractivity contribution in [3.05, 3.63) is 54.9 Å². The van der Waals surface area contributed by atoms with E-state index in [0.29, 0.717) is 18.4 Å². The second-order valence-corrected chi connectivity index (χ2v) is 4.27. The van der Waals surface area contributed by atoms with E-state index in [-0.39, 0.29) is 0 Å². The Balaban J connectivity index is 1.72. The lowest BCUT2D eigenvalue weighted by molar-refractivity contribution is 0.397. The Morgan fingerprint density at radius 2 is 2.10 bits per heavy atom. The zero-order valence-electron chi connectivity index (χ0n) is 11.5. The van der Waals surface area contributed by atoms with Crippen molar-refractivity contribution in [3.63, 3.8) is 0 Å². The van der Waals surface area contributed by atoms with Gasteiger partial charge in [-0.2, -0.15) is 4.98 Å². The van der Waals surface area contributed by atoms with Gasteiger partial charge in [-0.1, -0.05) is 0 Å². The summed E-state index contributed by atoms with van der Waals surface area (Å²) >= 11 is 0. The van der Waals surface area contributed by atoms with E-state index in [1.165, 1.54) is 0 Å². The van der Waals surface area contributed by atoms with Crippen LogP contribution in [0.1, 0.15) is 5.56 Å². The monoisotopic (exact) mass is 282 g/mol. The van der Waals surface area contributed by atoms with E-state index in [0.717, 1.165) is 11.4 Å². The van der Waals surface area contributed by atoms with Gasteiger partial charge in [-0.25, -0.2) is 15.0 Å². The molecule has 0 aromatic carbocycles. The lowest BCUT2D eigenvalue weighted by Gasteiger charge is -2.07. The summed E-state index contributed by atoms with van der Waals surface area (Å²) in [5, 5.41) is 3.15. The van der Waals surface area contributed by atoms with Crippen LogP contribution < -0.4 is 10.1 Å². The second-order valence-electron chi connectivity index (χ2n) is 4.27. The van der Waals surface area contributed by atoms with Crippen LogP contribution in [-0.2, 0) is 6.54 Å². The summed E-state index contributed by atoms with van der Waals surface area (Å²) in [5.74, 6) is 1.87. The third-order valence-electron chi connectivity index (χ3n) is 2.87. The quantitative estimate of drug-likeness (QED) is 0.767. The van der Waals surface area contributed by atoms with Gasteiger partial charge in [-0.05, 0) is 17.7 Å². The minimum atomic E-state index is 0.523. The lowest BCUT2D eigenvalue weighted by atomic mass is 10.2. The molecule has 0 aliphatic rings. The van der Waals surface area contributed by atoms with Crippen LogP contribution in [0.25, 0.3) is 5.82 Å². The standard InChI is InChI=1S/C14H14N6O/c1-21-13-3-5-17-14(19-13)18-9-11-2-4-16-12(8-11)20-7-6-15-10-20/h2-8,10H,9H2,1H3,(H,17,18,19). The number of anilines is 1. The molecule has 0 amide bonds. The van der Waals surface area contributed by atoms with E-state index in [1.54, 1.807) is 38.1 Å². The molecule has 3 rings (SSSR count). The van der Waals surface area contributed by atoms with E-state index in [9.17, 15) is 0 Å². The average molecular weight is 282 g/mol. The fourth-order valence-electron chi connectivity index (χ4n) is 1.83. The van der Waals surface area contributed by atoms with Crippen molar-refractivity contribution in [1.29, 1.82) is 0 Å². The van der Waals surface area contributed by atoms with Crippen molar-refractivity contribution < 1.29 is 4.74 Å². The van der Waals surface area contributed by atoms with Crippen LogP contribution in [0.5, 0.6) is 5.88 Å². The summed E-state index contributed by atoms with van der Waals surface area (Å²) in [4.78, 5) is 16.7. The van der Waals surface area contributed by atoms with Gasteiger partial charge in [0.1, 0.15) is 12.1 Å². The number of hydrogen-bond acceptors (Lipinski definition) is 6. The van der Waals surface area contributed by atoms with Crippen molar-refractivity contribution in [2.24, 2.45) is 0 Å². The molecule has 0 saturated heterocycles. The van der Waals surface area contributed by atoms with E-state index in [2.05, 4.69) is 25.3 Å². The summed E-state index contributed by atoms with van der Waals surface area (Å²) in [6, 6.07) is 5.62. The minimum absolute atomic E-state index is 0.523. The van der Waals surface area contributed by atoms with Crippen LogP contribution >= 0.6 is 0 Å². The Kier molecular flexibility index (Phi) is 3.72. The predicted molar refractivity (Wildman–Crippen MR) is 77.3 cm³/mol. The third-order valence-corrected chi connectivity index (χ3v) is 2.87. The van der Waals surface area contributed by atoms with Crippen molar-refractivity contribution in [1.82, 2.24) is 24.5 Å². The molecule has 0 aliphatic carbocycles. The summed E-state index contributed by atoms with van der Waals surface area (Å²) < 4.78 is 6.92. The van der Waals surface area contributed by atoms with Gasteiger partial charge in [0.05, 0.1) is 7.11 Å². The molecular formula is C14H14N6O. The van der Waals surface area contributed by atoms with Crippen LogP contribution in [0.4, 0.5) is 5.95 Å². The molecule has 0 spiro atoms. The Hall–Kier alpha value is -2.96. The summed E-state index contributed by atoms with van der Waals surface area (Å²) in [6.07, 6.45) is 8.70. The molecule has 0 bridgehead atoms. The van der Waals surface area contributed by atoms with Crippen LogP contribution in [0, 0.1) is 0 Å². The lowest BCUT2D eigenvalue weighted by Crippen LogP contribution is -2.05. The van der Waals surface area contributed by atoms with Crippen LogP contribution in [0.3, 0.4) is 0 Å². The number of methoxy groups -OCH3 is 1. The largest absolute Gasteiger partial charge is 0.481 e. The van der Waals surface area contributed by atoms with Crippen molar-refractivity contribution in [2.45, 2.75) is 6.54 Å². The van der Waals surface area contributed by atoms with Gasteiger partial charge >= 0.3 is 0 Å². The zero-order valence-corrected chi connectivity index (χ0v) is 11.5. The molecule has 3 aromatic rings. The number of nitrogens with zero attached hydrogens (tertiary/aromatic N) is 5. The molecule has 3 heterocycles. The van der Waals surface area contributed by atoms with Crippen molar-refractivity contribution >= 4 is 5.95 Å². The molecule has 0 atom stereocenters. The van der Waals surface area contributed by atoms with Crippen molar-refractivity contribution in [3.8, 4) is 11.7 Å². The van der Waals surface area contributed by atoms with Crippen molar-refractivity contribution in [2.75, 3.05) is 12.4 Å². The van der Waals surface area contributed by atoms with Crippen LogP contribution in [0.2, 0.25) is 0 Å². The first-order valence-electron chi connectivity index (χ1n) is 6.39. The maximum Gasteiger partial charge on any atom is 0.226 e. The Morgan fingerprint density at radius 1 is 1.19 bits per heavy atom. The van der Waals surface area contributed by atoms with Crippen LogP contribution in [-0.4, -0.2) is 31.6 Å². The highest BCUT2D eigenvalue weighted by atomic mass is 16.5. The first-order valence-corrected chi connectivity index (χ1v) is 6.39.